The third-order valence-electron chi connectivity index (χ3n) is 6.66. The van der Waals surface area contributed by atoms with Crippen LogP contribution in [0.5, 0.6) is 0 Å². The van der Waals surface area contributed by atoms with Crippen LogP contribution in [0, 0.1) is 0 Å². The smallest absolute Gasteiger partial charge is 0.303 e. The molecule has 1 aliphatic carbocycles. The molecular weight excluding hydrogens is 480 g/mol. The van der Waals surface area contributed by atoms with Gasteiger partial charge in [-0.1, -0.05) is 0 Å². The van der Waals surface area contributed by atoms with Crippen molar-refractivity contribution < 1.29 is 18.3 Å². The number of fused-ring (bicyclic) bond motifs is 3. The summed E-state index contributed by atoms with van der Waals surface area (Å²) >= 11 is 0. The molecule has 1 saturated carbocycles. The molecule has 0 unspecified atom stereocenters. The molecule has 2 aromatic heterocycles. The lowest BCUT2D eigenvalue weighted by Crippen LogP contribution is -2.42. The average Bonchev–Trinajstić information content (AvgIpc) is 3.29. The Bertz CT molecular complexity index is 1370. The van der Waals surface area contributed by atoms with Crippen molar-refractivity contribution in [1.82, 2.24) is 19.6 Å². The molecule has 184 valence electrons. The second-order valence-corrected chi connectivity index (χ2v) is 11.0. The van der Waals surface area contributed by atoms with Crippen LogP contribution in [0.25, 0.3) is 21.8 Å². The number of sulfonamides is 1. The van der Waals surface area contributed by atoms with Crippen LogP contribution in [0.1, 0.15) is 44.1 Å². The van der Waals surface area contributed by atoms with Gasteiger partial charge >= 0.3 is 5.97 Å². The van der Waals surface area contributed by atoms with E-state index in [-0.39, 0.29) is 41.4 Å². The summed E-state index contributed by atoms with van der Waals surface area (Å²) in [5, 5.41) is 13.7. The number of carboxylic acids is 1. The van der Waals surface area contributed by atoms with Gasteiger partial charge < -0.3 is 20.4 Å². The number of hydrogen-bond acceptors (Lipinski definition) is 5. The molecule has 0 radical (unpaired) electrons. The molecule has 9 nitrogen and oxygen atoms in total. The van der Waals surface area contributed by atoms with Gasteiger partial charge in [0.1, 0.15) is 5.52 Å². The molecule has 1 atom stereocenters. The molecule has 3 aromatic rings. The van der Waals surface area contributed by atoms with Crippen molar-refractivity contribution in [3.05, 3.63) is 40.3 Å². The Morgan fingerprint density at radius 1 is 1.21 bits per heavy atom. The summed E-state index contributed by atoms with van der Waals surface area (Å²) in [4.78, 5) is 29.5. The van der Waals surface area contributed by atoms with E-state index in [1.54, 1.807) is 28.7 Å². The van der Waals surface area contributed by atoms with Gasteiger partial charge in [-0.3, -0.25) is 9.59 Å². The maximum absolute atomic E-state index is 13.7. The average molecular weight is 509 g/mol. The molecule has 1 aliphatic heterocycles. The number of carboxylic acid groups (broad SMARTS) is 1. The standard InChI is InChI=1S/C23H28N4O5S.ClH/c28-20(29)5-1-3-14-12-25-22-21(14)18-11-17(8-9-19(18)26-23(22)30)33(31,32)27(16-6-7-16)13-15-4-2-10-24-15;/h8-9,11-12,15-16,24-25H,1-7,10,13H2,(H,26,30)(H,28,29);1H/t15-;/m1./s1. The number of aromatic amines is 2. The lowest BCUT2D eigenvalue weighted by Gasteiger charge is -2.25. The molecule has 11 heteroatoms. The Morgan fingerprint density at radius 3 is 2.68 bits per heavy atom. The third-order valence-corrected chi connectivity index (χ3v) is 8.57. The first-order chi connectivity index (χ1) is 15.8. The van der Waals surface area contributed by atoms with E-state index in [9.17, 15) is 18.0 Å². The van der Waals surface area contributed by atoms with Gasteiger partial charge in [0.05, 0.1) is 4.90 Å². The number of carbonyl (C=O) groups is 1. The quantitative estimate of drug-likeness (QED) is 0.351. The number of rotatable bonds is 9. The van der Waals surface area contributed by atoms with E-state index < -0.39 is 16.0 Å². The van der Waals surface area contributed by atoms with Crippen molar-refractivity contribution in [2.75, 3.05) is 13.1 Å². The Kier molecular flexibility index (Phi) is 7.04. The number of halogens is 1. The van der Waals surface area contributed by atoms with Crippen LogP contribution in [-0.4, -0.2) is 58.9 Å². The van der Waals surface area contributed by atoms with Crippen LogP contribution in [0.15, 0.2) is 34.1 Å². The summed E-state index contributed by atoms with van der Waals surface area (Å²) in [7, 11) is -3.71. The van der Waals surface area contributed by atoms with Crippen LogP contribution in [0.3, 0.4) is 0 Å². The predicted octanol–water partition coefficient (Wildman–Crippen LogP) is 2.74. The van der Waals surface area contributed by atoms with Crippen LogP contribution in [-0.2, 0) is 21.2 Å². The number of H-pyrrole nitrogens is 2. The van der Waals surface area contributed by atoms with E-state index >= 15 is 0 Å². The van der Waals surface area contributed by atoms with E-state index in [4.69, 9.17) is 5.11 Å². The van der Waals surface area contributed by atoms with E-state index in [0.717, 1.165) is 37.8 Å². The van der Waals surface area contributed by atoms with Gasteiger partial charge in [0.15, 0.2) is 0 Å². The first-order valence-electron chi connectivity index (χ1n) is 11.5. The molecule has 34 heavy (non-hydrogen) atoms. The SMILES string of the molecule is Cl.O=C(O)CCCc1c[nH]c2c(=O)[nH]c3ccc(S(=O)(=O)N(C[C@H]4CCCN4)C4CC4)cc3c12. The van der Waals surface area contributed by atoms with Crippen molar-refractivity contribution in [3.8, 4) is 0 Å². The largest absolute Gasteiger partial charge is 0.481 e. The first-order valence-corrected chi connectivity index (χ1v) is 12.9. The highest BCUT2D eigenvalue weighted by atomic mass is 35.5. The molecule has 4 N–H and O–H groups in total. The summed E-state index contributed by atoms with van der Waals surface area (Å²) in [6.07, 6.45) is 6.43. The van der Waals surface area contributed by atoms with E-state index in [2.05, 4.69) is 15.3 Å². The molecule has 1 saturated heterocycles. The zero-order valence-corrected chi connectivity index (χ0v) is 20.3. The molecular formula is C23H29ClN4O5S. The van der Waals surface area contributed by atoms with Gasteiger partial charge in [-0.05, 0) is 68.8 Å². The Balaban J connectivity index is 0.00000274. The predicted molar refractivity (Wildman–Crippen MR) is 132 cm³/mol. The minimum Gasteiger partial charge on any atom is -0.481 e. The Labute approximate surface area is 203 Å². The third kappa shape index (κ3) is 4.72. The van der Waals surface area contributed by atoms with E-state index in [1.807, 2.05) is 0 Å². The van der Waals surface area contributed by atoms with Crippen molar-refractivity contribution in [1.29, 1.82) is 0 Å². The molecule has 0 amide bonds. The molecule has 5 rings (SSSR count). The zero-order chi connectivity index (χ0) is 23.2. The number of aromatic nitrogens is 2. The minimum absolute atomic E-state index is 0. The van der Waals surface area contributed by atoms with Crippen molar-refractivity contribution in [3.63, 3.8) is 0 Å². The lowest BCUT2D eigenvalue weighted by atomic mass is 10.0. The summed E-state index contributed by atoms with van der Waals surface area (Å²) in [6, 6.07) is 5.08. The minimum atomic E-state index is -3.71. The van der Waals surface area contributed by atoms with Crippen LogP contribution in [0.4, 0.5) is 0 Å². The van der Waals surface area contributed by atoms with Gasteiger partial charge in [-0.15, -0.1) is 12.4 Å². The van der Waals surface area contributed by atoms with Crippen LogP contribution in [0.2, 0.25) is 0 Å². The fourth-order valence-corrected chi connectivity index (χ4v) is 6.59. The number of aryl methyl sites for hydroxylation is 1. The monoisotopic (exact) mass is 508 g/mol. The molecule has 1 aromatic carbocycles. The maximum Gasteiger partial charge on any atom is 0.303 e. The highest BCUT2D eigenvalue weighted by Gasteiger charge is 2.39. The fourth-order valence-electron chi connectivity index (χ4n) is 4.83. The number of aliphatic carboxylic acids is 1. The van der Waals surface area contributed by atoms with Crippen molar-refractivity contribution in [2.45, 2.75) is 61.9 Å². The van der Waals surface area contributed by atoms with Gasteiger partial charge in [0, 0.05) is 47.5 Å². The van der Waals surface area contributed by atoms with Gasteiger partial charge in [0.25, 0.3) is 5.56 Å². The summed E-state index contributed by atoms with van der Waals surface area (Å²) in [5.74, 6) is -0.872. The Hall–Kier alpha value is -2.40. The maximum atomic E-state index is 13.7. The topological polar surface area (TPSA) is 135 Å². The summed E-state index contributed by atoms with van der Waals surface area (Å²) in [6.45, 7) is 1.39. The number of nitrogens with one attached hydrogen (secondary N) is 3. The second kappa shape index (κ2) is 9.69. The molecule has 2 fully saturated rings. The summed E-state index contributed by atoms with van der Waals surface area (Å²) < 4.78 is 29.0. The molecule has 3 heterocycles. The molecule has 2 aliphatic rings. The van der Waals surface area contributed by atoms with Crippen LogP contribution < -0.4 is 10.9 Å². The highest BCUT2D eigenvalue weighted by molar-refractivity contribution is 7.89. The fraction of sp³-hybridized carbons (Fsp3) is 0.478. The zero-order valence-electron chi connectivity index (χ0n) is 18.7. The van der Waals surface area contributed by atoms with Crippen LogP contribution >= 0.6 is 12.4 Å². The van der Waals surface area contributed by atoms with Gasteiger partial charge in [-0.2, -0.15) is 4.31 Å². The molecule has 0 spiro atoms. The van der Waals surface area contributed by atoms with Crippen molar-refractivity contribution in [2.24, 2.45) is 0 Å². The normalized spacial score (nSPS) is 18.6. The number of nitrogens with zero attached hydrogens (tertiary/aromatic N) is 1. The summed E-state index contributed by atoms with van der Waals surface area (Å²) in [5.41, 5.74) is 1.45. The second-order valence-electron chi connectivity index (χ2n) is 9.07. The first kappa shape index (κ1) is 24.7. The van der Waals surface area contributed by atoms with Crippen molar-refractivity contribution >= 4 is 50.2 Å². The van der Waals surface area contributed by atoms with Gasteiger partial charge in [-0.25, -0.2) is 8.42 Å². The van der Waals surface area contributed by atoms with E-state index in [0.29, 0.717) is 41.2 Å². The Morgan fingerprint density at radius 2 is 2.00 bits per heavy atom. The number of hydrogen-bond donors (Lipinski definition) is 4. The molecule has 0 bridgehead atoms. The van der Waals surface area contributed by atoms with Gasteiger partial charge in [0.2, 0.25) is 10.0 Å². The highest BCUT2D eigenvalue weighted by Crippen LogP contribution is 2.34. The number of benzene rings is 1. The van der Waals surface area contributed by atoms with E-state index in [1.165, 1.54) is 0 Å². The number of pyridine rings is 1. The lowest BCUT2D eigenvalue weighted by molar-refractivity contribution is -0.137.